The molecule has 1 fully saturated rings. The van der Waals surface area contributed by atoms with Crippen LogP contribution in [0.2, 0.25) is 0 Å². The fourth-order valence-electron chi connectivity index (χ4n) is 3.68. The van der Waals surface area contributed by atoms with Crippen molar-refractivity contribution in [3.05, 3.63) is 65.2 Å². The Morgan fingerprint density at radius 1 is 1.10 bits per heavy atom. The van der Waals surface area contributed by atoms with Crippen molar-refractivity contribution in [1.29, 1.82) is 0 Å². The van der Waals surface area contributed by atoms with E-state index in [1.807, 2.05) is 0 Å². The van der Waals surface area contributed by atoms with E-state index in [2.05, 4.69) is 5.32 Å². The fourth-order valence-corrected chi connectivity index (χ4v) is 3.68. The monoisotopic (exact) mass is 394 g/mol. The lowest BCUT2D eigenvalue weighted by Gasteiger charge is -2.29. The Bertz CT molecular complexity index is 1020. The van der Waals surface area contributed by atoms with Crippen LogP contribution in [0.3, 0.4) is 0 Å². The highest BCUT2D eigenvalue weighted by Crippen LogP contribution is 2.38. The molecule has 0 bridgehead atoms. The first-order chi connectivity index (χ1) is 14.0. The van der Waals surface area contributed by atoms with Crippen molar-refractivity contribution in [3.63, 3.8) is 0 Å². The van der Waals surface area contributed by atoms with E-state index in [-0.39, 0.29) is 30.0 Å². The predicted molar refractivity (Wildman–Crippen MR) is 101 cm³/mol. The summed E-state index contributed by atoms with van der Waals surface area (Å²) in [5, 5.41) is 2.70. The zero-order chi connectivity index (χ0) is 20.5. The number of anilines is 1. The van der Waals surface area contributed by atoms with Gasteiger partial charge in [-0.15, -0.1) is 0 Å². The van der Waals surface area contributed by atoms with Crippen LogP contribution >= 0.6 is 0 Å². The number of nitrogens with one attached hydrogen (secondary N) is 1. The lowest BCUT2D eigenvalue weighted by Crippen LogP contribution is -2.44. The molecule has 148 valence electrons. The summed E-state index contributed by atoms with van der Waals surface area (Å²) in [5.41, 5.74) is 1.43. The van der Waals surface area contributed by atoms with Crippen LogP contribution in [0.5, 0.6) is 0 Å². The number of para-hydroxylation sites is 1. The van der Waals surface area contributed by atoms with Crippen LogP contribution in [-0.2, 0) is 19.1 Å². The average molecular weight is 394 g/mol. The van der Waals surface area contributed by atoms with Crippen LogP contribution in [0.1, 0.15) is 45.3 Å². The first-order valence-electron chi connectivity index (χ1n) is 9.10. The van der Waals surface area contributed by atoms with Gasteiger partial charge in [-0.2, -0.15) is 0 Å². The molecule has 1 saturated heterocycles. The van der Waals surface area contributed by atoms with Crippen molar-refractivity contribution in [2.24, 2.45) is 0 Å². The van der Waals surface area contributed by atoms with Crippen LogP contribution < -0.4 is 5.32 Å². The van der Waals surface area contributed by atoms with Gasteiger partial charge >= 0.3 is 11.9 Å². The number of esters is 2. The molecule has 0 saturated carbocycles. The van der Waals surface area contributed by atoms with Gasteiger partial charge in [0.2, 0.25) is 18.0 Å². The number of cyclic esters (lactones) is 1. The molecule has 0 aromatic heterocycles. The number of hydrogen-bond donors (Lipinski definition) is 1. The predicted octanol–water partition coefficient (Wildman–Crippen LogP) is 2.27. The number of ether oxygens (including phenoxy) is 2. The third-order valence-corrected chi connectivity index (χ3v) is 5.07. The van der Waals surface area contributed by atoms with E-state index < -0.39 is 30.1 Å². The highest BCUT2D eigenvalue weighted by Gasteiger charge is 2.46. The number of benzene rings is 2. The Hall–Kier alpha value is -3.68. The number of methoxy groups -OCH3 is 1. The number of carbonyl (C=O) groups excluding carboxylic acids is 4. The molecule has 2 aliphatic heterocycles. The zero-order valence-corrected chi connectivity index (χ0v) is 15.6. The fraction of sp³-hybridized carbons (Fsp3) is 0.238. The summed E-state index contributed by atoms with van der Waals surface area (Å²) in [6.45, 7) is 0. The van der Waals surface area contributed by atoms with E-state index >= 15 is 0 Å². The normalized spacial score (nSPS) is 20.2. The summed E-state index contributed by atoms with van der Waals surface area (Å²) < 4.78 is 10.2. The molecule has 0 aliphatic carbocycles. The Kier molecular flexibility index (Phi) is 4.75. The van der Waals surface area contributed by atoms with Crippen molar-refractivity contribution in [2.75, 3.05) is 12.4 Å². The number of carbonyl (C=O) groups is 4. The maximum Gasteiger partial charge on any atom is 0.340 e. The molecule has 29 heavy (non-hydrogen) atoms. The first kappa shape index (κ1) is 18.7. The molecule has 2 amide bonds. The molecule has 0 spiro atoms. The lowest BCUT2D eigenvalue weighted by molar-refractivity contribution is -0.144. The minimum Gasteiger partial charge on any atom is -0.465 e. The highest BCUT2D eigenvalue weighted by atomic mass is 16.6. The maximum atomic E-state index is 13.0. The minimum atomic E-state index is -0.944. The molecule has 1 N–H and O–H groups in total. The van der Waals surface area contributed by atoms with Crippen molar-refractivity contribution in [3.8, 4) is 0 Å². The smallest absolute Gasteiger partial charge is 0.340 e. The van der Waals surface area contributed by atoms with Crippen molar-refractivity contribution >= 4 is 29.4 Å². The molecule has 2 atom stereocenters. The Morgan fingerprint density at radius 2 is 1.83 bits per heavy atom. The van der Waals surface area contributed by atoms with E-state index in [9.17, 15) is 19.2 Å². The molecule has 8 nitrogen and oxygen atoms in total. The molecular formula is C21H18N2O6. The van der Waals surface area contributed by atoms with Crippen molar-refractivity contribution in [2.45, 2.75) is 25.1 Å². The Labute approximate surface area is 166 Å². The average Bonchev–Trinajstić information content (AvgIpc) is 3.28. The summed E-state index contributed by atoms with van der Waals surface area (Å²) in [7, 11) is 1.25. The van der Waals surface area contributed by atoms with Crippen molar-refractivity contribution in [1.82, 2.24) is 4.90 Å². The first-order valence-corrected chi connectivity index (χ1v) is 9.10. The molecule has 0 radical (unpaired) electrons. The molecule has 4 rings (SSSR count). The van der Waals surface area contributed by atoms with Gasteiger partial charge < -0.3 is 14.8 Å². The van der Waals surface area contributed by atoms with Gasteiger partial charge in [-0.25, -0.2) is 9.59 Å². The molecule has 8 heteroatoms. The van der Waals surface area contributed by atoms with Gasteiger partial charge in [0.05, 0.1) is 23.9 Å². The summed E-state index contributed by atoms with van der Waals surface area (Å²) in [6, 6.07) is 12.4. The van der Waals surface area contributed by atoms with Crippen LogP contribution in [-0.4, -0.2) is 41.8 Å². The number of likely N-dealkylation sites (tertiary alicyclic amines) is 1. The van der Waals surface area contributed by atoms with Gasteiger partial charge in [-0.1, -0.05) is 30.3 Å². The van der Waals surface area contributed by atoms with Crippen LogP contribution in [0.25, 0.3) is 0 Å². The lowest BCUT2D eigenvalue weighted by atomic mass is 10.1. The molecular weight excluding hydrogens is 376 g/mol. The van der Waals surface area contributed by atoms with Gasteiger partial charge in [0.1, 0.15) is 6.04 Å². The second kappa shape index (κ2) is 7.38. The summed E-state index contributed by atoms with van der Waals surface area (Å²) in [6.07, 6.45) is -0.505. The van der Waals surface area contributed by atoms with Crippen LogP contribution in [0.15, 0.2) is 48.5 Å². The van der Waals surface area contributed by atoms with E-state index in [0.717, 1.165) is 0 Å². The van der Waals surface area contributed by atoms with E-state index in [4.69, 9.17) is 9.47 Å². The van der Waals surface area contributed by atoms with Crippen LogP contribution in [0.4, 0.5) is 5.69 Å². The third-order valence-electron chi connectivity index (χ3n) is 5.07. The second-order valence-electron chi connectivity index (χ2n) is 6.73. The number of amides is 2. The summed E-state index contributed by atoms with van der Waals surface area (Å²) in [5.74, 6) is -1.85. The number of nitrogens with zero attached hydrogens (tertiary/aromatic N) is 1. The SMILES string of the molecule is COC(=O)c1ccccc1NC(=O)[C@@H]1CCC(=O)N1C1OC(=O)c2ccccc21. The van der Waals surface area contributed by atoms with Gasteiger partial charge in [0, 0.05) is 12.0 Å². The quantitative estimate of drug-likeness (QED) is 0.799. The molecule has 1 unspecified atom stereocenters. The van der Waals surface area contributed by atoms with Gasteiger partial charge in [0.15, 0.2) is 0 Å². The Morgan fingerprint density at radius 3 is 2.62 bits per heavy atom. The number of fused-ring (bicyclic) bond motifs is 1. The molecule has 2 aliphatic rings. The number of hydrogen-bond acceptors (Lipinski definition) is 6. The van der Waals surface area contributed by atoms with E-state index in [0.29, 0.717) is 11.1 Å². The van der Waals surface area contributed by atoms with Gasteiger partial charge in [-0.05, 0) is 24.6 Å². The standard InChI is InChI=1S/C21H18N2O6/c1-28-20(26)14-8-4-5-9-15(14)22-18(25)16-10-11-17(24)23(16)19-12-6-2-3-7-13(12)21(27)29-19/h2-9,16,19H,10-11H2,1H3,(H,22,25)/t16-,19?/m0/s1. The van der Waals surface area contributed by atoms with Gasteiger partial charge in [0.25, 0.3) is 0 Å². The largest absolute Gasteiger partial charge is 0.465 e. The zero-order valence-electron chi connectivity index (χ0n) is 15.6. The Balaban J connectivity index is 1.61. The highest BCUT2D eigenvalue weighted by molar-refractivity contribution is 6.04. The summed E-state index contributed by atoms with van der Waals surface area (Å²) >= 11 is 0. The molecule has 2 heterocycles. The third kappa shape index (κ3) is 3.22. The second-order valence-corrected chi connectivity index (χ2v) is 6.73. The molecule has 2 aromatic carbocycles. The topological polar surface area (TPSA) is 102 Å². The van der Waals surface area contributed by atoms with Crippen molar-refractivity contribution < 1.29 is 28.7 Å². The number of rotatable bonds is 4. The van der Waals surface area contributed by atoms with Crippen LogP contribution in [0, 0.1) is 0 Å². The minimum absolute atomic E-state index is 0.160. The van der Waals surface area contributed by atoms with E-state index in [1.165, 1.54) is 18.1 Å². The maximum absolute atomic E-state index is 13.0. The summed E-state index contributed by atoms with van der Waals surface area (Å²) in [4.78, 5) is 50.9. The van der Waals surface area contributed by atoms with Gasteiger partial charge in [-0.3, -0.25) is 14.5 Å². The molecule has 2 aromatic rings. The van der Waals surface area contributed by atoms with E-state index in [1.54, 1.807) is 42.5 Å².